The maximum absolute atomic E-state index is 13.2. The van der Waals surface area contributed by atoms with E-state index in [9.17, 15) is 4.39 Å². The molecule has 96 valence electrons. The molecule has 0 saturated heterocycles. The van der Waals surface area contributed by atoms with E-state index < -0.39 is 0 Å². The molecule has 2 aromatic rings. The van der Waals surface area contributed by atoms with Crippen LogP contribution in [0, 0.1) is 18.7 Å². The van der Waals surface area contributed by atoms with E-state index in [2.05, 4.69) is 5.43 Å². The molecule has 3 nitrogen and oxygen atoms in total. The van der Waals surface area contributed by atoms with Gasteiger partial charge in [-0.1, -0.05) is 12.8 Å². The SMILES string of the molecule is Cc1c(C(CC2CC2)NN)oc2ccc(F)cc12. The molecule has 1 aromatic carbocycles. The lowest BCUT2D eigenvalue weighted by Crippen LogP contribution is -2.28. The van der Waals surface area contributed by atoms with E-state index in [-0.39, 0.29) is 11.9 Å². The molecule has 1 unspecified atom stereocenters. The van der Waals surface area contributed by atoms with Crippen molar-refractivity contribution < 1.29 is 8.81 Å². The lowest BCUT2D eigenvalue weighted by molar-refractivity contribution is 0.399. The molecule has 1 atom stereocenters. The minimum atomic E-state index is -0.239. The molecule has 18 heavy (non-hydrogen) atoms. The summed E-state index contributed by atoms with van der Waals surface area (Å²) < 4.78 is 19.1. The zero-order valence-corrected chi connectivity index (χ0v) is 10.4. The van der Waals surface area contributed by atoms with Gasteiger partial charge in [0.1, 0.15) is 17.2 Å². The topological polar surface area (TPSA) is 51.2 Å². The monoisotopic (exact) mass is 248 g/mol. The summed E-state index contributed by atoms with van der Waals surface area (Å²) in [5.74, 6) is 6.96. The number of benzene rings is 1. The molecule has 0 bridgehead atoms. The van der Waals surface area contributed by atoms with E-state index in [1.165, 1.54) is 25.0 Å². The minimum absolute atomic E-state index is 0.0213. The number of furan rings is 1. The molecule has 1 saturated carbocycles. The molecule has 3 rings (SSSR count). The number of hydrogen-bond donors (Lipinski definition) is 2. The summed E-state index contributed by atoms with van der Waals surface area (Å²) >= 11 is 0. The number of hydrazine groups is 1. The molecular formula is C14H17FN2O. The third-order valence-corrected chi connectivity index (χ3v) is 3.72. The van der Waals surface area contributed by atoms with Gasteiger partial charge in [0, 0.05) is 10.9 Å². The summed E-state index contributed by atoms with van der Waals surface area (Å²) in [7, 11) is 0. The van der Waals surface area contributed by atoms with Crippen LogP contribution in [-0.2, 0) is 0 Å². The Hall–Kier alpha value is -1.39. The van der Waals surface area contributed by atoms with Crippen LogP contribution in [0.4, 0.5) is 4.39 Å². The van der Waals surface area contributed by atoms with Crippen LogP contribution in [0.25, 0.3) is 11.0 Å². The fourth-order valence-corrected chi connectivity index (χ4v) is 2.48. The Bertz CT molecular complexity index is 574. The van der Waals surface area contributed by atoms with Gasteiger partial charge in [0.15, 0.2) is 0 Å². The van der Waals surface area contributed by atoms with Crippen molar-refractivity contribution in [2.24, 2.45) is 11.8 Å². The maximum Gasteiger partial charge on any atom is 0.134 e. The number of aryl methyl sites for hydroxylation is 1. The van der Waals surface area contributed by atoms with Gasteiger partial charge in [-0.3, -0.25) is 5.84 Å². The van der Waals surface area contributed by atoms with Crippen LogP contribution in [0.3, 0.4) is 0 Å². The number of halogens is 1. The van der Waals surface area contributed by atoms with Crippen LogP contribution in [-0.4, -0.2) is 0 Å². The van der Waals surface area contributed by atoms with Gasteiger partial charge < -0.3 is 4.42 Å². The predicted octanol–water partition coefficient (Wildman–Crippen LogP) is 3.18. The second kappa shape index (κ2) is 4.37. The molecule has 1 fully saturated rings. The lowest BCUT2D eigenvalue weighted by Gasteiger charge is -2.13. The van der Waals surface area contributed by atoms with Crippen LogP contribution in [0.15, 0.2) is 22.6 Å². The highest BCUT2D eigenvalue weighted by Crippen LogP contribution is 2.39. The summed E-state index contributed by atoms with van der Waals surface area (Å²) in [6, 6.07) is 4.63. The van der Waals surface area contributed by atoms with Gasteiger partial charge in [0.25, 0.3) is 0 Å². The zero-order chi connectivity index (χ0) is 12.7. The average Bonchev–Trinajstić information content (AvgIpc) is 3.13. The van der Waals surface area contributed by atoms with Gasteiger partial charge in [-0.2, -0.15) is 0 Å². The normalized spacial score (nSPS) is 17.3. The first-order valence-corrected chi connectivity index (χ1v) is 6.33. The molecule has 0 spiro atoms. The summed E-state index contributed by atoms with van der Waals surface area (Å²) in [6.45, 7) is 1.96. The molecule has 1 heterocycles. The predicted molar refractivity (Wildman–Crippen MR) is 68.3 cm³/mol. The van der Waals surface area contributed by atoms with Crippen molar-refractivity contribution in [1.29, 1.82) is 0 Å². The highest BCUT2D eigenvalue weighted by molar-refractivity contribution is 5.82. The number of nitrogens with two attached hydrogens (primary N) is 1. The average molecular weight is 248 g/mol. The molecule has 0 aliphatic heterocycles. The van der Waals surface area contributed by atoms with E-state index >= 15 is 0 Å². The van der Waals surface area contributed by atoms with Crippen LogP contribution >= 0.6 is 0 Å². The summed E-state index contributed by atoms with van der Waals surface area (Å²) in [6.07, 6.45) is 3.53. The van der Waals surface area contributed by atoms with Crippen molar-refractivity contribution in [3.8, 4) is 0 Å². The van der Waals surface area contributed by atoms with E-state index in [4.69, 9.17) is 10.3 Å². The van der Waals surface area contributed by atoms with Gasteiger partial charge >= 0.3 is 0 Å². The molecule has 1 aliphatic carbocycles. The second-order valence-electron chi connectivity index (χ2n) is 5.13. The third kappa shape index (κ3) is 2.02. The minimum Gasteiger partial charge on any atom is -0.459 e. The first-order chi connectivity index (χ1) is 8.69. The fourth-order valence-electron chi connectivity index (χ4n) is 2.48. The molecule has 0 radical (unpaired) electrons. The summed E-state index contributed by atoms with van der Waals surface area (Å²) in [5.41, 5.74) is 4.52. The first-order valence-electron chi connectivity index (χ1n) is 6.33. The van der Waals surface area contributed by atoms with Gasteiger partial charge in [-0.25, -0.2) is 9.82 Å². The second-order valence-corrected chi connectivity index (χ2v) is 5.13. The lowest BCUT2D eigenvalue weighted by atomic mass is 10.0. The Balaban J connectivity index is 2.01. The smallest absolute Gasteiger partial charge is 0.134 e. The van der Waals surface area contributed by atoms with E-state index in [1.54, 1.807) is 6.07 Å². The van der Waals surface area contributed by atoms with E-state index in [0.29, 0.717) is 0 Å². The maximum atomic E-state index is 13.2. The van der Waals surface area contributed by atoms with E-state index in [1.807, 2.05) is 6.92 Å². The van der Waals surface area contributed by atoms with Crippen LogP contribution in [0.5, 0.6) is 0 Å². The fraction of sp³-hybridized carbons (Fsp3) is 0.429. The number of fused-ring (bicyclic) bond motifs is 1. The van der Waals surface area contributed by atoms with Crippen molar-refractivity contribution in [3.05, 3.63) is 35.3 Å². The Labute approximate surface area is 105 Å². The molecule has 0 amide bonds. The highest BCUT2D eigenvalue weighted by Gasteiger charge is 2.28. The molecule has 1 aromatic heterocycles. The largest absolute Gasteiger partial charge is 0.459 e. The van der Waals surface area contributed by atoms with Crippen LogP contribution in [0.2, 0.25) is 0 Å². The van der Waals surface area contributed by atoms with Crippen molar-refractivity contribution in [2.75, 3.05) is 0 Å². The van der Waals surface area contributed by atoms with Crippen LogP contribution < -0.4 is 11.3 Å². The van der Waals surface area contributed by atoms with Gasteiger partial charge in [0.2, 0.25) is 0 Å². The Kier molecular flexibility index (Phi) is 2.84. The number of nitrogens with one attached hydrogen (secondary N) is 1. The molecule has 4 heteroatoms. The first kappa shape index (κ1) is 11.7. The van der Waals surface area contributed by atoms with Crippen molar-refractivity contribution in [2.45, 2.75) is 32.2 Å². The molecular weight excluding hydrogens is 231 g/mol. The Morgan fingerprint density at radius 2 is 2.28 bits per heavy atom. The summed E-state index contributed by atoms with van der Waals surface area (Å²) in [4.78, 5) is 0. The molecule has 3 N–H and O–H groups in total. The summed E-state index contributed by atoms with van der Waals surface area (Å²) in [5, 5.41) is 0.834. The number of rotatable bonds is 4. The van der Waals surface area contributed by atoms with Crippen molar-refractivity contribution in [3.63, 3.8) is 0 Å². The van der Waals surface area contributed by atoms with Crippen molar-refractivity contribution in [1.82, 2.24) is 5.43 Å². The number of hydrogen-bond acceptors (Lipinski definition) is 3. The van der Waals surface area contributed by atoms with Gasteiger partial charge in [-0.15, -0.1) is 0 Å². The van der Waals surface area contributed by atoms with Crippen molar-refractivity contribution >= 4 is 11.0 Å². The van der Waals surface area contributed by atoms with Crippen LogP contribution in [0.1, 0.15) is 36.6 Å². The molecule has 1 aliphatic rings. The Morgan fingerprint density at radius 3 is 2.94 bits per heavy atom. The van der Waals surface area contributed by atoms with Gasteiger partial charge in [0.05, 0.1) is 6.04 Å². The van der Waals surface area contributed by atoms with E-state index in [0.717, 1.165) is 34.6 Å². The highest BCUT2D eigenvalue weighted by atomic mass is 19.1. The standard InChI is InChI=1S/C14H17FN2O/c1-8-11-7-10(15)4-5-13(11)18-14(8)12(17-16)6-9-2-3-9/h4-5,7,9,12,17H,2-3,6,16H2,1H3. The zero-order valence-electron chi connectivity index (χ0n) is 10.4. The third-order valence-electron chi connectivity index (χ3n) is 3.72. The quantitative estimate of drug-likeness (QED) is 0.645. The van der Waals surface area contributed by atoms with Gasteiger partial charge in [-0.05, 0) is 37.5 Å². The Morgan fingerprint density at radius 1 is 1.50 bits per heavy atom.